The Bertz CT molecular complexity index is 457. The molecule has 0 fully saturated rings. The molecule has 0 saturated carbocycles. The van der Waals surface area contributed by atoms with Crippen LogP contribution in [-0.2, 0) is 11.3 Å². The second-order valence-electron chi connectivity index (χ2n) is 5.42. The van der Waals surface area contributed by atoms with Crippen LogP contribution in [0, 0.1) is 12.8 Å². The normalized spacial score (nSPS) is 11.7. The molecular weight excluding hydrogens is 268 g/mol. The maximum Gasteiger partial charge on any atom is 0.315 e. The Hall–Kier alpha value is -2.04. The zero-order valence-corrected chi connectivity index (χ0v) is 12.7. The predicted molar refractivity (Wildman–Crippen MR) is 82.1 cm³/mol. The van der Waals surface area contributed by atoms with Gasteiger partial charge in [0.2, 0.25) is 0 Å². The molecule has 1 aromatic carbocycles. The van der Waals surface area contributed by atoms with E-state index >= 15 is 0 Å². The summed E-state index contributed by atoms with van der Waals surface area (Å²) in [6, 6.07) is 7.81. The van der Waals surface area contributed by atoms with Crippen molar-refractivity contribution in [3.8, 4) is 0 Å². The summed E-state index contributed by atoms with van der Waals surface area (Å²) in [5.41, 5.74) is 2.25. The van der Waals surface area contributed by atoms with E-state index in [0.717, 1.165) is 12.0 Å². The summed E-state index contributed by atoms with van der Waals surface area (Å²) in [6.07, 6.45) is 1.61. The van der Waals surface area contributed by atoms with Crippen LogP contribution >= 0.6 is 0 Å². The Balaban J connectivity index is 2.13. The number of hydrogen-bond donors (Lipinski definition) is 3. The van der Waals surface area contributed by atoms with E-state index in [-0.39, 0.29) is 12.5 Å². The van der Waals surface area contributed by atoms with Crippen LogP contribution in [0.2, 0.25) is 0 Å². The van der Waals surface area contributed by atoms with Gasteiger partial charge in [-0.15, -0.1) is 0 Å². The lowest BCUT2D eigenvalue weighted by Crippen LogP contribution is -2.36. The van der Waals surface area contributed by atoms with E-state index in [2.05, 4.69) is 10.6 Å². The monoisotopic (exact) mass is 292 g/mol. The third kappa shape index (κ3) is 7.97. The molecule has 3 N–H and O–H groups in total. The summed E-state index contributed by atoms with van der Waals surface area (Å²) < 4.78 is 0. The van der Waals surface area contributed by atoms with Crippen LogP contribution in [0.5, 0.6) is 0 Å². The second kappa shape index (κ2) is 9.00. The third-order valence-electron chi connectivity index (χ3n) is 3.35. The first-order chi connectivity index (χ1) is 9.97. The van der Waals surface area contributed by atoms with Crippen molar-refractivity contribution in [1.29, 1.82) is 0 Å². The van der Waals surface area contributed by atoms with E-state index in [1.165, 1.54) is 5.56 Å². The molecular formula is C16H24N2O3. The lowest BCUT2D eigenvalue weighted by Gasteiger charge is -2.11. The summed E-state index contributed by atoms with van der Waals surface area (Å²) in [5.74, 6) is -0.482. The fraction of sp³-hybridized carbons (Fsp3) is 0.500. The van der Waals surface area contributed by atoms with Crippen molar-refractivity contribution < 1.29 is 14.7 Å². The van der Waals surface area contributed by atoms with Crippen molar-refractivity contribution in [1.82, 2.24) is 10.6 Å². The number of carbonyl (C=O) groups is 2. The van der Waals surface area contributed by atoms with Gasteiger partial charge >= 0.3 is 12.0 Å². The maximum absolute atomic E-state index is 11.6. The number of amides is 2. The molecule has 0 heterocycles. The molecule has 21 heavy (non-hydrogen) atoms. The Morgan fingerprint density at radius 2 is 1.81 bits per heavy atom. The highest BCUT2D eigenvalue weighted by molar-refractivity contribution is 5.73. The minimum Gasteiger partial charge on any atom is -0.481 e. The molecule has 5 heteroatoms. The highest BCUT2D eigenvalue weighted by Gasteiger charge is 2.06. The van der Waals surface area contributed by atoms with Crippen molar-refractivity contribution in [2.45, 2.75) is 39.7 Å². The molecule has 0 spiro atoms. The van der Waals surface area contributed by atoms with Crippen LogP contribution < -0.4 is 10.6 Å². The molecule has 0 aromatic heterocycles. The fourth-order valence-electron chi connectivity index (χ4n) is 1.90. The summed E-state index contributed by atoms with van der Waals surface area (Å²) in [5, 5.41) is 14.2. The number of carbonyl (C=O) groups excluding carboxylic acids is 1. The molecule has 0 aliphatic carbocycles. The number of aliphatic carboxylic acids is 1. The zero-order chi connectivity index (χ0) is 15.7. The van der Waals surface area contributed by atoms with Crippen LogP contribution in [0.15, 0.2) is 24.3 Å². The zero-order valence-electron chi connectivity index (χ0n) is 12.7. The molecule has 0 radical (unpaired) electrons. The van der Waals surface area contributed by atoms with Gasteiger partial charge in [-0.3, -0.25) is 4.79 Å². The Kier molecular flexibility index (Phi) is 7.29. The van der Waals surface area contributed by atoms with Gasteiger partial charge in [0.1, 0.15) is 0 Å². The van der Waals surface area contributed by atoms with Gasteiger partial charge in [0, 0.05) is 19.5 Å². The largest absolute Gasteiger partial charge is 0.481 e. The molecule has 5 nitrogen and oxygen atoms in total. The number of carboxylic acids is 1. The molecule has 0 aliphatic rings. The first-order valence-electron chi connectivity index (χ1n) is 7.26. The van der Waals surface area contributed by atoms with Gasteiger partial charge in [0.15, 0.2) is 0 Å². The Morgan fingerprint density at radius 1 is 1.14 bits per heavy atom. The SMILES string of the molecule is Cc1ccc(CNC(=O)NCCC(C)CCC(=O)O)cc1. The van der Waals surface area contributed by atoms with E-state index in [1.54, 1.807) is 0 Å². The molecule has 0 bridgehead atoms. The highest BCUT2D eigenvalue weighted by Crippen LogP contribution is 2.09. The standard InChI is InChI=1S/C16H24N2O3/c1-12-3-6-14(7-4-12)11-18-16(21)17-10-9-13(2)5-8-15(19)20/h3-4,6-7,13H,5,8-11H2,1-2H3,(H,19,20)(H2,17,18,21). The van der Waals surface area contributed by atoms with Crippen LogP contribution in [0.1, 0.15) is 37.3 Å². The average molecular weight is 292 g/mol. The molecule has 116 valence electrons. The van der Waals surface area contributed by atoms with Gasteiger partial charge < -0.3 is 15.7 Å². The van der Waals surface area contributed by atoms with Gasteiger partial charge in [-0.1, -0.05) is 36.8 Å². The first kappa shape index (κ1) is 17.0. The van der Waals surface area contributed by atoms with E-state index in [4.69, 9.17) is 5.11 Å². The molecule has 0 aliphatic heterocycles. The minimum atomic E-state index is -0.773. The van der Waals surface area contributed by atoms with Gasteiger partial charge in [0.25, 0.3) is 0 Å². The molecule has 1 unspecified atom stereocenters. The van der Waals surface area contributed by atoms with Gasteiger partial charge in [-0.25, -0.2) is 4.79 Å². The number of urea groups is 1. The number of aryl methyl sites for hydroxylation is 1. The lowest BCUT2D eigenvalue weighted by atomic mass is 10.0. The third-order valence-corrected chi connectivity index (χ3v) is 3.35. The van der Waals surface area contributed by atoms with Gasteiger partial charge in [-0.2, -0.15) is 0 Å². The quantitative estimate of drug-likeness (QED) is 0.689. The number of rotatable bonds is 8. The summed E-state index contributed by atoms with van der Waals surface area (Å²) >= 11 is 0. The molecule has 1 rings (SSSR count). The fourth-order valence-corrected chi connectivity index (χ4v) is 1.90. The molecule has 2 amide bonds. The van der Waals surface area contributed by atoms with Crippen molar-refractivity contribution in [3.05, 3.63) is 35.4 Å². The van der Waals surface area contributed by atoms with Crippen molar-refractivity contribution >= 4 is 12.0 Å². The summed E-state index contributed by atoms with van der Waals surface area (Å²) in [4.78, 5) is 22.1. The average Bonchev–Trinajstić information content (AvgIpc) is 2.44. The number of carboxylic acid groups (broad SMARTS) is 1. The van der Waals surface area contributed by atoms with E-state index in [9.17, 15) is 9.59 Å². The minimum absolute atomic E-state index is 0.181. The van der Waals surface area contributed by atoms with Crippen LogP contribution in [-0.4, -0.2) is 23.7 Å². The van der Waals surface area contributed by atoms with E-state index < -0.39 is 5.97 Å². The topological polar surface area (TPSA) is 78.4 Å². The second-order valence-corrected chi connectivity index (χ2v) is 5.42. The molecule has 0 saturated heterocycles. The van der Waals surface area contributed by atoms with Crippen LogP contribution in [0.3, 0.4) is 0 Å². The van der Waals surface area contributed by atoms with E-state index in [0.29, 0.717) is 25.4 Å². The van der Waals surface area contributed by atoms with Crippen LogP contribution in [0.25, 0.3) is 0 Å². The van der Waals surface area contributed by atoms with Crippen LogP contribution in [0.4, 0.5) is 4.79 Å². The summed E-state index contributed by atoms with van der Waals surface area (Å²) in [7, 11) is 0. The molecule has 1 atom stereocenters. The Morgan fingerprint density at radius 3 is 2.43 bits per heavy atom. The Labute approximate surface area is 125 Å². The highest BCUT2D eigenvalue weighted by atomic mass is 16.4. The first-order valence-corrected chi connectivity index (χ1v) is 7.26. The lowest BCUT2D eigenvalue weighted by molar-refractivity contribution is -0.137. The van der Waals surface area contributed by atoms with Crippen molar-refractivity contribution in [2.24, 2.45) is 5.92 Å². The smallest absolute Gasteiger partial charge is 0.315 e. The number of hydrogen-bond acceptors (Lipinski definition) is 2. The number of nitrogens with one attached hydrogen (secondary N) is 2. The maximum atomic E-state index is 11.6. The van der Waals surface area contributed by atoms with Crippen molar-refractivity contribution in [2.75, 3.05) is 6.54 Å². The van der Waals surface area contributed by atoms with Crippen molar-refractivity contribution in [3.63, 3.8) is 0 Å². The number of benzene rings is 1. The molecule has 1 aromatic rings. The van der Waals surface area contributed by atoms with Gasteiger partial charge in [0.05, 0.1) is 0 Å². The van der Waals surface area contributed by atoms with E-state index in [1.807, 2.05) is 38.1 Å². The summed E-state index contributed by atoms with van der Waals surface area (Å²) in [6.45, 7) is 5.07. The predicted octanol–water partition coefficient (Wildman–Crippen LogP) is 2.69. The van der Waals surface area contributed by atoms with Gasteiger partial charge in [-0.05, 0) is 31.2 Å².